The van der Waals surface area contributed by atoms with Gasteiger partial charge in [0.25, 0.3) is 5.91 Å². The van der Waals surface area contributed by atoms with E-state index in [4.69, 9.17) is 25.9 Å². The minimum atomic E-state index is -1.03. The van der Waals surface area contributed by atoms with Crippen LogP contribution in [0.15, 0.2) is 41.6 Å². The first-order valence-electron chi connectivity index (χ1n) is 12.7. The largest absolute Gasteiger partial charge is 0.481 e. The summed E-state index contributed by atoms with van der Waals surface area (Å²) in [6.07, 6.45) is 0.836. The number of hydrogen-bond acceptors (Lipinski definition) is 8. The lowest BCUT2D eigenvalue weighted by Crippen LogP contribution is -2.53. The molecule has 0 unspecified atom stereocenters. The van der Waals surface area contributed by atoms with Gasteiger partial charge in [0.05, 0.1) is 18.2 Å². The van der Waals surface area contributed by atoms with Gasteiger partial charge in [-0.25, -0.2) is 4.79 Å². The summed E-state index contributed by atoms with van der Waals surface area (Å²) < 4.78 is 10.9. The molecule has 0 aliphatic carbocycles. The number of hydrogen-bond donors (Lipinski definition) is 0. The van der Waals surface area contributed by atoms with Crippen molar-refractivity contribution in [3.05, 3.63) is 52.5 Å². The Morgan fingerprint density at radius 1 is 1.15 bits per heavy atom. The number of carbonyl (C=O) groups excluding carboxylic acids is 3. The Balaban J connectivity index is 1.67. The van der Waals surface area contributed by atoms with Gasteiger partial charge in [0.2, 0.25) is 11.7 Å². The van der Waals surface area contributed by atoms with E-state index in [0.29, 0.717) is 36.4 Å². The molecule has 2 aliphatic heterocycles. The van der Waals surface area contributed by atoms with Crippen molar-refractivity contribution >= 4 is 40.9 Å². The minimum Gasteiger partial charge on any atom is -0.481 e. The molecule has 0 bridgehead atoms. The molecule has 1 aromatic carbocycles. The number of pyridine rings is 1. The SMILES string of the molecule is COc1ccc(Cl)c(N(C(=O)c2ccc(C3=NOC(C)(C)C3=O)cc2)[C@@H]2CCCN(C(=O)OC(C)(C)C)C2)n1. The third-order valence-electron chi connectivity index (χ3n) is 6.40. The predicted molar refractivity (Wildman–Crippen MR) is 147 cm³/mol. The van der Waals surface area contributed by atoms with Crippen LogP contribution in [0, 0.1) is 0 Å². The molecular weight excluding hydrogens is 524 g/mol. The van der Waals surface area contributed by atoms with Crippen LogP contribution in [0.1, 0.15) is 63.4 Å². The van der Waals surface area contributed by atoms with E-state index in [9.17, 15) is 14.4 Å². The highest BCUT2D eigenvalue weighted by Crippen LogP contribution is 2.32. The molecule has 0 saturated carbocycles. The predicted octanol–water partition coefficient (Wildman–Crippen LogP) is 4.87. The van der Waals surface area contributed by atoms with E-state index in [1.165, 1.54) is 12.0 Å². The van der Waals surface area contributed by atoms with Crippen LogP contribution in [-0.4, -0.2) is 70.8 Å². The molecule has 1 atom stereocenters. The van der Waals surface area contributed by atoms with Gasteiger partial charge in [0.15, 0.2) is 17.1 Å². The number of ether oxygens (including phenoxy) is 2. The first kappa shape index (κ1) is 28.4. The van der Waals surface area contributed by atoms with E-state index in [0.717, 1.165) is 0 Å². The van der Waals surface area contributed by atoms with Gasteiger partial charge in [-0.3, -0.25) is 14.5 Å². The number of benzene rings is 1. The fourth-order valence-electron chi connectivity index (χ4n) is 4.41. The number of likely N-dealkylation sites (tertiary alicyclic amines) is 1. The van der Waals surface area contributed by atoms with Crippen LogP contribution < -0.4 is 9.64 Å². The maximum absolute atomic E-state index is 14.0. The van der Waals surface area contributed by atoms with Gasteiger partial charge in [0, 0.05) is 30.3 Å². The molecule has 1 fully saturated rings. The molecule has 2 aliphatic rings. The number of anilines is 1. The lowest BCUT2D eigenvalue weighted by molar-refractivity contribution is -0.128. The average Bonchev–Trinajstić information content (AvgIpc) is 3.16. The molecule has 0 spiro atoms. The van der Waals surface area contributed by atoms with Crippen molar-refractivity contribution in [3.63, 3.8) is 0 Å². The van der Waals surface area contributed by atoms with Crippen molar-refractivity contribution in [2.75, 3.05) is 25.1 Å². The van der Waals surface area contributed by atoms with Crippen LogP contribution in [0.4, 0.5) is 10.6 Å². The van der Waals surface area contributed by atoms with Crippen molar-refractivity contribution in [2.24, 2.45) is 5.16 Å². The second kappa shape index (κ2) is 10.8. The lowest BCUT2D eigenvalue weighted by Gasteiger charge is -2.39. The lowest BCUT2D eigenvalue weighted by atomic mass is 9.95. The summed E-state index contributed by atoms with van der Waals surface area (Å²) in [5.74, 6) is -0.0779. The molecule has 1 saturated heterocycles. The molecule has 0 radical (unpaired) electrons. The number of nitrogens with zero attached hydrogens (tertiary/aromatic N) is 4. The number of aromatic nitrogens is 1. The van der Waals surface area contributed by atoms with E-state index in [2.05, 4.69) is 10.1 Å². The number of halogens is 1. The van der Waals surface area contributed by atoms with Gasteiger partial charge >= 0.3 is 6.09 Å². The highest BCUT2D eigenvalue weighted by atomic mass is 35.5. The standard InChI is InChI=1S/C28H33ClN4O6/c1-27(2,3)38-26(36)32-15-7-8-19(16-32)33(24-20(29)13-14-21(30-24)37-6)25(35)18-11-9-17(10-12-18)22-23(34)28(4,5)39-31-22/h9-14,19H,7-8,15-16H2,1-6H3/t19-/m1/s1. The number of piperidine rings is 1. The third-order valence-corrected chi connectivity index (χ3v) is 6.70. The topological polar surface area (TPSA) is 111 Å². The van der Waals surface area contributed by atoms with Crippen LogP contribution in [0.2, 0.25) is 5.02 Å². The zero-order valence-electron chi connectivity index (χ0n) is 23.0. The molecule has 11 heteroatoms. The van der Waals surface area contributed by atoms with E-state index in [1.807, 2.05) is 20.8 Å². The van der Waals surface area contributed by atoms with Crippen LogP contribution in [0.25, 0.3) is 0 Å². The van der Waals surface area contributed by atoms with Gasteiger partial charge in [-0.15, -0.1) is 0 Å². The van der Waals surface area contributed by atoms with Gasteiger partial charge in [0.1, 0.15) is 5.60 Å². The van der Waals surface area contributed by atoms with Crippen LogP contribution in [0.5, 0.6) is 5.88 Å². The average molecular weight is 557 g/mol. The molecule has 0 N–H and O–H groups in total. The van der Waals surface area contributed by atoms with Gasteiger partial charge in [-0.2, -0.15) is 4.98 Å². The molecule has 39 heavy (non-hydrogen) atoms. The monoisotopic (exact) mass is 556 g/mol. The maximum atomic E-state index is 14.0. The normalized spacial score (nSPS) is 18.7. The molecular formula is C28H33ClN4O6. The second-order valence-electron chi connectivity index (χ2n) is 11.0. The molecule has 208 valence electrons. The number of Topliss-reactive ketones (excluding diaryl/α,β-unsaturated/α-hetero) is 1. The van der Waals surface area contributed by atoms with E-state index >= 15 is 0 Å². The number of methoxy groups -OCH3 is 1. The Hall–Kier alpha value is -3.66. The number of amides is 2. The van der Waals surface area contributed by atoms with Crippen molar-refractivity contribution in [3.8, 4) is 5.88 Å². The summed E-state index contributed by atoms with van der Waals surface area (Å²) in [5, 5.41) is 4.20. The molecule has 2 aromatic rings. The van der Waals surface area contributed by atoms with Crippen molar-refractivity contribution in [2.45, 2.75) is 64.7 Å². The van der Waals surface area contributed by atoms with Crippen molar-refractivity contribution in [1.82, 2.24) is 9.88 Å². The van der Waals surface area contributed by atoms with Crippen LogP contribution in [-0.2, 0) is 14.4 Å². The molecule has 3 heterocycles. The zero-order valence-corrected chi connectivity index (χ0v) is 23.7. The molecule has 1 aromatic heterocycles. The number of oxime groups is 1. The summed E-state index contributed by atoms with van der Waals surface area (Å²) in [4.78, 5) is 52.3. The molecule has 4 rings (SSSR count). The van der Waals surface area contributed by atoms with Crippen LogP contribution >= 0.6 is 11.6 Å². The quantitative estimate of drug-likeness (QED) is 0.516. The van der Waals surface area contributed by atoms with Gasteiger partial charge in [-0.1, -0.05) is 28.9 Å². The number of ketones is 1. The Bertz CT molecular complexity index is 1300. The molecule has 2 amide bonds. The second-order valence-corrected chi connectivity index (χ2v) is 11.4. The van der Waals surface area contributed by atoms with Gasteiger partial charge in [-0.05, 0) is 65.7 Å². The van der Waals surface area contributed by atoms with Gasteiger partial charge < -0.3 is 19.2 Å². The fraction of sp³-hybridized carbons (Fsp3) is 0.464. The van der Waals surface area contributed by atoms with Crippen LogP contribution in [0.3, 0.4) is 0 Å². The van der Waals surface area contributed by atoms with Crippen molar-refractivity contribution < 1.29 is 28.7 Å². The highest BCUT2D eigenvalue weighted by molar-refractivity contribution is 6.49. The third kappa shape index (κ3) is 6.16. The summed E-state index contributed by atoms with van der Waals surface area (Å²) in [6.45, 7) is 9.48. The Kier molecular flexibility index (Phi) is 7.88. The summed E-state index contributed by atoms with van der Waals surface area (Å²) in [6, 6.07) is 9.35. The Labute approximate surface area is 232 Å². The Morgan fingerprint density at radius 3 is 2.44 bits per heavy atom. The first-order chi connectivity index (χ1) is 18.3. The summed E-state index contributed by atoms with van der Waals surface area (Å²) >= 11 is 6.55. The number of rotatable bonds is 5. The highest BCUT2D eigenvalue weighted by Gasteiger charge is 2.40. The van der Waals surface area contributed by atoms with Crippen molar-refractivity contribution in [1.29, 1.82) is 0 Å². The Morgan fingerprint density at radius 2 is 1.85 bits per heavy atom. The fourth-order valence-corrected chi connectivity index (χ4v) is 4.61. The van der Waals surface area contributed by atoms with E-state index in [1.54, 1.807) is 55.1 Å². The number of carbonyl (C=O) groups is 3. The maximum Gasteiger partial charge on any atom is 0.410 e. The smallest absolute Gasteiger partial charge is 0.410 e. The summed E-state index contributed by atoms with van der Waals surface area (Å²) in [7, 11) is 1.48. The van der Waals surface area contributed by atoms with E-state index < -0.39 is 23.3 Å². The summed E-state index contributed by atoms with van der Waals surface area (Å²) in [5.41, 5.74) is -0.589. The van der Waals surface area contributed by atoms with E-state index in [-0.39, 0.29) is 34.8 Å². The zero-order chi connectivity index (χ0) is 28.5. The minimum absolute atomic E-state index is 0.202. The first-order valence-corrected chi connectivity index (χ1v) is 13.1. The molecule has 10 nitrogen and oxygen atoms in total.